The third-order valence-corrected chi connectivity index (χ3v) is 4.24. The molecule has 0 aliphatic carbocycles. The number of hydrogen-bond acceptors (Lipinski definition) is 3. The highest BCUT2D eigenvalue weighted by atomic mass is 16.2. The van der Waals surface area contributed by atoms with E-state index in [0.717, 1.165) is 13.0 Å². The van der Waals surface area contributed by atoms with Crippen LogP contribution in [-0.2, 0) is 9.59 Å². The molecule has 0 N–H and O–H groups in total. The van der Waals surface area contributed by atoms with E-state index in [0.29, 0.717) is 18.6 Å². The molecule has 16 heavy (non-hydrogen) atoms. The maximum Gasteiger partial charge on any atom is 0.230 e. The quantitative estimate of drug-likeness (QED) is 0.604. The van der Waals surface area contributed by atoms with Crippen LogP contribution in [0.15, 0.2) is 0 Å². The van der Waals surface area contributed by atoms with Crippen LogP contribution < -0.4 is 0 Å². The van der Waals surface area contributed by atoms with Crippen LogP contribution in [0.3, 0.4) is 0 Å². The van der Waals surface area contributed by atoms with Crippen LogP contribution in [0.5, 0.6) is 0 Å². The Morgan fingerprint density at radius 3 is 2.62 bits per heavy atom. The van der Waals surface area contributed by atoms with E-state index in [2.05, 4.69) is 4.90 Å². The summed E-state index contributed by atoms with van der Waals surface area (Å²) in [5.74, 6) is 0.154. The first-order valence-electron chi connectivity index (χ1n) is 6.31. The fourth-order valence-corrected chi connectivity index (χ4v) is 3.49. The van der Waals surface area contributed by atoms with Crippen molar-refractivity contribution in [2.24, 2.45) is 0 Å². The van der Waals surface area contributed by atoms with Crippen LogP contribution in [0, 0.1) is 0 Å². The number of carbonyl (C=O) groups is 2. The zero-order valence-electron chi connectivity index (χ0n) is 9.52. The predicted molar refractivity (Wildman–Crippen MR) is 59.0 cm³/mol. The Balaban J connectivity index is 1.75. The van der Waals surface area contributed by atoms with E-state index in [-0.39, 0.29) is 18.1 Å². The molecule has 0 aromatic rings. The number of carbonyl (C=O) groups excluding carboxylic acids is 2. The summed E-state index contributed by atoms with van der Waals surface area (Å²) in [5, 5.41) is 0. The number of piperidine rings is 1. The van der Waals surface area contributed by atoms with Crippen molar-refractivity contribution in [1.82, 2.24) is 9.80 Å². The first kappa shape index (κ1) is 10.3. The third-order valence-electron chi connectivity index (χ3n) is 4.24. The Morgan fingerprint density at radius 1 is 1.00 bits per heavy atom. The van der Waals surface area contributed by atoms with Gasteiger partial charge in [0.05, 0.1) is 13.0 Å². The number of rotatable bonds is 1. The van der Waals surface area contributed by atoms with E-state index in [1.54, 1.807) is 0 Å². The predicted octanol–water partition coefficient (Wildman–Crippen LogP) is 0.415. The molecule has 1 amide bonds. The van der Waals surface area contributed by atoms with E-state index in [4.69, 9.17) is 0 Å². The van der Waals surface area contributed by atoms with Crippen molar-refractivity contribution in [3.05, 3.63) is 0 Å². The van der Waals surface area contributed by atoms with Crippen LogP contribution in [0.1, 0.15) is 32.1 Å². The van der Waals surface area contributed by atoms with Gasteiger partial charge in [0, 0.05) is 18.6 Å². The fraction of sp³-hybridized carbons (Fsp3) is 0.833. The average molecular weight is 222 g/mol. The Bertz CT molecular complexity index is 329. The molecule has 3 heterocycles. The number of nitrogens with zero attached hydrogens (tertiary/aromatic N) is 2. The number of hydrogen-bond donors (Lipinski definition) is 0. The van der Waals surface area contributed by atoms with E-state index in [9.17, 15) is 9.59 Å². The van der Waals surface area contributed by atoms with E-state index < -0.39 is 0 Å². The number of amides is 1. The van der Waals surface area contributed by atoms with Crippen LogP contribution in [-0.4, -0.2) is 53.2 Å². The van der Waals surface area contributed by atoms with Gasteiger partial charge in [0.25, 0.3) is 0 Å². The fourth-order valence-electron chi connectivity index (χ4n) is 3.49. The summed E-state index contributed by atoms with van der Waals surface area (Å²) in [4.78, 5) is 27.4. The first-order chi connectivity index (χ1) is 7.75. The molecular formula is C12H18N2O2. The summed E-state index contributed by atoms with van der Waals surface area (Å²) in [5.41, 5.74) is 0. The summed E-state index contributed by atoms with van der Waals surface area (Å²) >= 11 is 0. The lowest BCUT2D eigenvalue weighted by atomic mass is 9.98. The van der Waals surface area contributed by atoms with Gasteiger partial charge in [-0.05, 0) is 25.8 Å². The monoisotopic (exact) mass is 222 g/mol. The van der Waals surface area contributed by atoms with E-state index in [1.165, 1.54) is 25.8 Å². The third kappa shape index (κ3) is 1.56. The van der Waals surface area contributed by atoms with Crippen molar-refractivity contribution >= 4 is 11.7 Å². The zero-order chi connectivity index (χ0) is 11.1. The number of fused-ring (bicyclic) bond motifs is 1. The largest absolute Gasteiger partial charge is 0.330 e. The molecule has 2 atom stereocenters. The maximum atomic E-state index is 11.7. The van der Waals surface area contributed by atoms with Crippen molar-refractivity contribution in [1.29, 1.82) is 0 Å². The molecule has 3 saturated heterocycles. The second kappa shape index (κ2) is 3.84. The molecule has 3 aliphatic rings. The van der Waals surface area contributed by atoms with Crippen LogP contribution in [0.25, 0.3) is 0 Å². The van der Waals surface area contributed by atoms with Crippen molar-refractivity contribution < 1.29 is 9.59 Å². The van der Waals surface area contributed by atoms with Crippen LogP contribution in [0.4, 0.5) is 0 Å². The highest BCUT2D eigenvalue weighted by molar-refractivity contribution is 6.05. The molecular weight excluding hydrogens is 204 g/mol. The summed E-state index contributed by atoms with van der Waals surface area (Å²) < 4.78 is 0. The highest BCUT2D eigenvalue weighted by Gasteiger charge is 2.43. The van der Waals surface area contributed by atoms with Gasteiger partial charge in [-0.25, -0.2) is 0 Å². The Kier molecular flexibility index (Phi) is 2.46. The lowest BCUT2D eigenvalue weighted by Crippen LogP contribution is -2.47. The second-order valence-corrected chi connectivity index (χ2v) is 5.19. The lowest BCUT2D eigenvalue weighted by molar-refractivity contribution is -0.130. The molecule has 88 valence electrons. The minimum absolute atomic E-state index is 0.0578. The molecule has 0 spiro atoms. The van der Waals surface area contributed by atoms with E-state index >= 15 is 0 Å². The number of ketones is 1. The maximum absolute atomic E-state index is 11.7. The topological polar surface area (TPSA) is 40.6 Å². The number of likely N-dealkylation sites (tertiary alicyclic amines) is 1. The average Bonchev–Trinajstić information content (AvgIpc) is 2.81. The minimum Gasteiger partial charge on any atom is -0.330 e. The van der Waals surface area contributed by atoms with Gasteiger partial charge < -0.3 is 4.90 Å². The summed E-state index contributed by atoms with van der Waals surface area (Å²) in [7, 11) is 0. The highest BCUT2D eigenvalue weighted by Crippen LogP contribution is 2.31. The number of Topliss-reactive ketones (excluding diaryl/α,β-unsaturated/α-hetero) is 1. The van der Waals surface area contributed by atoms with Crippen molar-refractivity contribution in [2.75, 3.05) is 19.6 Å². The van der Waals surface area contributed by atoms with Gasteiger partial charge in [-0.15, -0.1) is 0 Å². The molecule has 2 unspecified atom stereocenters. The molecule has 0 bridgehead atoms. The first-order valence-corrected chi connectivity index (χ1v) is 6.31. The van der Waals surface area contributed by atoms with Gasteiger partial charge >= 0.3 is 0 Å². The normalized spacial score (nSPS) is 35.9. The molecule has 0 aromatic carbocycles. The van der Waals surface area contributed by atoms with Gasteiger partial charge in [-0.1, -0.05) is 6.42 Å². The van der Waals surface area contributed by atoms with Crippen molar-refractivity contribution in [3.8, 4) is 0 Å². The second-order valence-electron chi connectivity index (χ2n) is 5.19. The molecule has 4 nitrogen and oxygen atoms in total. The lowest BCUT2D eigenvalue weighted by Gasteiger charge is -2.35. The van der Waals surface area contributed by atoms with Crippen LogP contribution >= 0.6 is 0 Å². The minimum atomic E-state index is 0.0578. The Labute approximate surface area is 95.6 Å². The SMILES string of the molecule is O=C1CC(=O)N(C2CCN3CCCCC23)C1. The molecule has 0 aromatic heterocycles. The molecule has 0 radical (unpaired) electrons. The van der Waals surface area contributed by atoms with Gasteiger partial charge in [0.1, 0.15) is 0 Å². The molecule has 3 rings (SSSR count). The smallest absolute Gasteiger partial charge is 0.230 e. The van der Waals surface area contributed by atoms with Crippen molar-refractivity contribution in [2.45, 2.75) is 44.2 Å². The summed E-state index contributed by atoms with van der Waals surface area (Å²) in [6, 6.07) is 0.850. The summed E-state index contributed by atoms with van der Waals surface area (Å²) in [6.07, 6.45) is 4.96. The Hall–Kier alpha value is -0.900. The van der Waals surface area contributed by atoms with Gasteiger partial charge in [0.15, 0.2) is 5.78 Å². The van der Waals surface area contributed by atoms with Gasteiger partial charge in [0.2, 0.25) is 5.91 Å². The zero-order valence-corrected chi connectivity index (χ0v) is 9.52. The molecule has 4 heteroatoms. The Morgan fingerprint density at radius 2 is 1.88 bits per heavy atom. The van der Waals surface area contributed by atoms with Gasteiger partial charge in [-0.2, -0.15) is 0 Å². The molecule has 3 fully saturated rings. The summed E-state index contributed by atoms with van der Waals surface area (Å²) in [6.45, 7) is 2.65. The van der Waals surface area contributed by atoms with Crippen molar-refractivity contribution in [3.63, 3.8) is 0 Å². The van der Waals surface area contributed by atoms with E-state index in [1.807, 2.05) is 4.90 Å². The van der Waals surface area contributed by atoms with Gasteiger partial charge in [-0.3, -0.25) is 14.5 Å². The van der Waals surface area contributed by atoms with Crippen LogP contribution in [0.2, 0.25) is 0 Å². The standard InChI is InChI=1S/C12H18N2O2/c15-9-7-12(16)14(8-9)11-4-6-13-5-2-1-3-10(11)13/h10-11H,1-8H2. The molecule has 3 aliphatic heterocycles. The molecule has 0 saturated carbocycles.